The quantitative estimate of drug-likeness (QED) is 0.281. The van der Waals surface area contributed by atoms with Crippen molar-refractivity contribution in [3.8, 4) is 5.75 Å². The highest BCUT2D eigenvalue weighted by atomic mass is 32.1. The van der Waals surface area contributed by atoms with E-state index < -0.39 is 23.8 Å². The van der Waals surface area contributed by atoms with Crippen LogP contribution in [0.5, 0.6) is 5.75 Å². The molecule has 11 heteroatoms. The summed E-state index contributed by atoms with van der Waals surface area (Å²) in [5.41, 5.74) is 1.20. The fourth-order valence-electron chi connectivity index (χ4n) is 3.20. The van der Waals surface area contributed by atoms with Crippen molar-refractivity contribution in [3.05, 3.63) is 45.8 Å². The number of rotatable bonds is 7. The fourth-order valence-corrected chi connectivity index (χ4v) is 4.34. The topological polar surface area (TPSA) is 151 Å². The largest absolute Gasteiger partial charge is 0.478 e. The zero-order chi connectivity index (χ0) is 22.5. The number of esters is 1. The molecule has 31 heavy (non-hydrogen) atoms. The van der Waals surface area contributed by atoms with Crippen molar-refractivity contribution in [2.45, 2.75) is 32.6 Å². The molecular weight excluding hydrogens is 428 g/mol. The molecule has 1 aromatic carbocycles. The van der Waals surface area contributed by atoms with Crippen LogP contribution in [0.2, 0.25) is 0 Å². The molecule has 10 nitrogen and oxygen atoms in total. The Morgan fingerprint density at radius 2 is 1.97 bits per heavy atom. The van der Waals surface area contributed by atoms with Crippen molar-refractivity contribution < 1.29 is 38.9 Å². The zero-order valence-electron chi connectivity index (χ0n) is 16.5. The van der Waals surface area contributed by atoms with E-state index in [1.807, 2.05) is 12.1 Å². The van der Waals surface area contributed by atoms with Crippen molar-refractivity contribution in [2.75, 3.05) is 11.9 Å². The smallest absolute Gasteiger partial charge is 0.394 e. The summed E-state index contributed by atoms with van der Waals surface area (Å²) in [6.07, 6.45) is -0.0428. The minimum absolute atomic E-state index is 0.0163. The number of aliphatic carboxylic acids is 1. The summed E-state index contributed by atoms with van der Waals surface area (Å²) < 4.78 is 11.0. The lowest BCUT2D eigenvalue weighted by Gasteiger charge is -2.24. The van der Waals surface area contributed by atoms with Gasteiger partial charge >= 0.3 is 23.8 Å². The van der Waals surface area contributed by atoms with Crippen LogP contribution in [-0.2, 0) is 38.7 Å². The van der Waals surface area contributed by atoms with Gasteiger partial charge in [0.15, 0.2) is 0 Å². The predicted molar refractivity (Wildman–Crippen MR) is 109 cm³/mol. The highest BCUT2D eigenvalue weighted by Crippen LogP contribution is 2.37. The van der Waals surface area contributed by atoms with Crippen LogP contribution in [0.1, 0.15) is 33.3 Å². The Bertz CT molecular complexity index is 1030. The zero-order valence-corrected chi connectivity index (χ0v) is 17.3. The maximum Gasteiger partial charge on any atom is 0.394 e. The third kappa shape index (κ3) is 5.45. The van der Waals surface area contributed by atoms with Gasteiger partial charge in [-0.3, -0.25) is 9.59 Å². The number of benzene rings is 1. The number of para-hydroxylation sites is 1. The number of carboxylic acids is 2. The van der Waals surface area contributed by atoms with Crippen molar-refractivity contribution in [3.63, 3.8) is 0 Å². The van der Waals surface area contributed by atoms with Crippen LogP contribution in [0.15, 0.2) is 24.3 Å². The van der Waals surface area contributed by atoms with Crippen molar-refractivity contribution >= 4 is 40.2 Å². The van der Waals surface area contributed by atoms with E-state index >= 15 is 0 Å². The van der Waals surface area contributed by atoms with E-state index in [-0.39, 0.29) is 29.7 Å². The molecule has 1 aromatic heterocycles. The summed E-state index contributed by atoms with van der Waals surface area (Å²) in [5.74, 6) is -4.21. The van der Waals surface area contributed by atoms with E-state index in [2.05, 4.69) is 10.6 Å². The minimum atomic E-state index is -1.70. The first-order chi connectivity index (χ1) is 14.8. The number of ether oxygens (including phenoxy) is 2. The molecule has 1 atom stereocenters. The molecule has 1 amide bonds. The molecule has 1 aliphatic heterocycles. The molecule has 3 rings (SSSR count). The van der Waals surface area contributed by atoms with Gasteiger partial charge in [-0.25, -0.2) is 9.59 Å². The van der Waals surface area contributed by atoms with Crippen LogP contribution in [0, 0.1) is 0 Å². The second-order valence-electron chi connectivity index (χ2n) is 6.74. The molecule has 2 aromatic rings. The second kappa shape index (κ2) is 9.69. The van der Waals surface area contributed by atoms with E-state index in [4.69, 9.17) is 14.6 Å². The first-order valence-corrected chi connectivity index (χ1v) is 10.1. The normalized spacial score (nSPS) is 15.1. The minimum Gasteiger partial charge on any atom is -0.478 e. The third-order valence-corrected chi connectivity index (χ3v) is 5.64. The van der Waals surface area contributed by atoms with Gasteiger partial charge in [-0.1, -0.05) is 18.2 Å². The lowest BCUT2D eigenvalue weighted by atomic mass is 10.0. The van der Waals surface area contributed by atoms with Gasteiger partial charge in [0.05, 0.1) is 18.3 Å². The SMILES string of the molecule is CC(=O)Oc1ccccc1CNCC1Cc2c(sc(NC(=O)C(=O)O)c2C(=O)O)CO1. The molecule has 4 N–H and O–H groups in total. The van der Waals surface area contributed by atoms with Crippen molar-refractivity contribution in [2.24, 2.45) is 0 Å². The Balaban J connectivity index is 1.67. The number of hydrogen-bond acceptors (Lipinski definition) is 8. The van der Waals surface area contributed by atoms with Crippen LogP contribution in [0.25, 0.3) is 0 Å². The Kier molecular flexibility index (Phi) is 7.00. The number of carboxylic acid groups (broad SMARTS) is 2. The molecular formula is C20H20N2O8S. The van der Waals surface area contributed by atoms with Gasteiger partial charge in [0.1, 0.15) is 10.8 Å². The number of anilines is 1. The Morgan fingerprint density at radius 1 is 1.23 bits per heavy atom. The summed E-state index contributed by atoms with van der Waals surface area (Å²) in [5, 5.41) is 23.7. The molecule has 0 saturated carbocycles. The summed E-state index contributed by atoms with van der Waals surface area (Å²) in [6.45, 7) is 2.29. The first kappa shape index (κ1) is 22.4. The Morgan fingerprint density at radius 3 is 2.65 bits per heavy atom. The monoisotopic (exact) mass is 448 g/mol. The van der Waals surface area contributed by atoms with Gasteiger partial charge in [0, 0.05) is 36.9 Å². The maximum absolute atomic E-state index is 11.7. The number of amides is 1. The molecule has 0 saturated heterocycles. The highest BCUT2D eigenvalue weighted by Gasteiger charge is 2.30. The van der Waals surface area contributed by atoms with Gasteiger partial charge in [0.25, 0.3) is 0 Å². The number of hydrogen-bond donors (Lipinski definition) is 4. The van der Waals surface area contributed by atoms with Crippen molar-refractivity contribution in [1.29, 1.82) is 0 Å². The number of thiophene rings is 1. The average molecular weight is 448 g/mol. The van der Waals surface area contributed by atoms with E-state index in [0.29, 0.717) is 29.3 Å². The van der Waals surface area contributed by atoms with Gasteiger partial charge in [-0.05, 0) is 11.6 Å². The molecule has 0 spiro atoms. The van der Waals surface area contributed by atoms with Gasteiger partial charge in [0.2, 0.25) is 0 Å². The first-order valence-electron chi connectivity index (χ1n) is 9.27. The van der Waals surface area contributed by atoms with Crippen LogP contribution < -0.4 is 15.4 Å². The number of nitrogens with one attached hydrogen (secondary N) is 2. The van der Waals surface area contributed by atoms with Crippen LogP contribution in [-0.4, -0.2) is 46.7 Å². The Hall–Kier alpha value is -3.28. The van der Waals surface area contributed by atoms with E-state index in [9.17, 15) is 24.3 Å². The Labute approximate surface area is 180 Å². The fraction of sp³-hybridized carbons (Fsp3) is 0.300. The molecule has 0 fully saturated rings. The maximum atomic E-state index is 11.7. The molecule has 0 bridgehead atoms. The van der Waals surface area contributed by atoms with Crippen molar-refractivity contribution in [1.82, 2.24) is 5.32 Å². The summed E-state index contributed by atoms with van der Waals surface area (Å²) in [4.78, 5) is 45.9. The van der Waals surface area contributed by atoms with E-state index in [1.54, 1.807) is 12.1 Å². The molecule has 1 unspecified atom stereocenters. The predicted octanol–water partition coefficient (Wildman–Crippen LogP) is 1.63. The van der Waals surface area contributed by atoms with Crippen LogP contribution >= 0.6 is 11.3 Å². The number of carbonyl (C=O) groups excluding carboxylic acids is 2. The highest BCUT2D eigenvalue weighted by molar-refractivity contribution is 7.17. The number of carbonyl (C=O) groups is 4. The number of fused-ring (bicyclic) bond motifs is 1. The molecule has 0 aliphatic carbocycles. The second-order valence-corrected chi connectivity index (χ2v) is 7.85. The number of aromatic carboxylic acids is 1. The van der Waals surface area contributed by atoms with E-state index in [0.717, 1.165) is 16.9 Å². The molecule has 2 heterocycles. The molecule has 1 aliphatic rings. The summed E-state index contributed by atoms with van der Waals surface area (Å²) in [6, 6.07) is 7.10. The van der Waals surface area contributed by atoms with Crippen LogP contribution in [0.4, 0.5) is 5.00 Å². The van der Waals surface area contributed by atoms with E-state index in [1.165, 1.54) is 6.92 Å². The lowest BCUT2D eigenvalue weighted by Crippen LogP contribution is -2.33. The average Bonchev–Trinajstić information content (AvgIpc) is 3.06. The summed E-state index contributed by atoms with van der Waals surface area (Å²) >= 11 is 0.996. The third-order valence-electron chi connectivity index (χ3n) is 4.52. The van der Waals surface area contributed by atoms with Gasteiger partial charge < -0.3 is 30.3 Å². The summed E-state index contributed by atoms with van der Waals surface area (Å²) in [7, 11) is 0. The van der Waals surface area contributed by atoms with Gasteiger partial charge in [-0.2, -0.15) is 0 Å². The molecule has 0 radical (unpaired) electrons. The van der Waals surface area contributed by atoms with Gasteiger partial charge in [-0.15, -0.1) is 11.3 Å². The standard InChI is InChI=1S/C20H20N2O8S/c1-10(23)30-14-5-3-2-4-11(14)7-21-8-12-6-13-15(9-29-12)31-18(16(13)19(25)26)22-17(24)20(27)28/h2-5,12,21H,6-9H2,1H3,(H,22,24)(H,25,26)(H,27,28). The molecule has 164 valence electrons. The lowest BCUT2D eigenvalue weighted by molar-refractivity contribution is -0.147. The van der Waals surface area contributed by atoms with Crippen LogP contribution in [0.3, 0.4) is 0 Å².